The van der Waals surface area contributed by atoms with Crippen LogP contribution in [0.2, 0.25) is 0 Å². The van der Waals surface area contributed by atoms with Gasteiger partial charge in [-0.05, 0) is 30.2 Å². The largest absolute Gasteiger partial charge is 0.326 e. The third-order valence-electron chi connectivity index (χ3n) is 4.58. The van der Waals surface area contributed by atoms with Crippen molar-refractivity contribution in [2.45, 2.75) is 26.2 Å². The van der Waals surface area contributed by atoms with Crippen LogP contribution in [-0.4, -0.2) is 43.8 Å². The van der Waals surface area contributed by atoms with E-state index in [1.165, 1.54) is 5.01 Å². The molecule has 0 spiro atoms. The normalized spacial score (nSPS) is 13.7. The van der Waals surface area contributed by atoms with Gasteiger partial charge in [-0.15, -0.1) is 0 Å². The quantitative estimate of drug-likeness (QED) is 0.707. The zero-order valence-corrected chi connectivity index (χ0v) is 17.7. The number of nitrogens with zero attached hydrogens (tertiary/aromatic N) is 2. The summed E-state index contributed by atoms with van der Waals surface area (Å²) in [6, 6.07) is 14.6. The van der Waals surface area contributed by atoms with Gasteiger partial charge in [0.25, 0.3) is 0 Å². The molecule has 0 bridgehead atoms. The number of sulfonamides is 1. The van der Waals surface area contributed by atoms with E-state index in [0.717, 1.165) is 23.1 Å². The number of carbonyl (C=O) groups excluding carboxylic acids is 2. The van der Waals surface area contributed by atoms with Gasteiger partial charge in [-0.1, -0.05) is 36.4 Å². The van der Waals surface area contributed by atoms with Gasteiger partial charge in [0.05, 0.1) is 24.2 Å². The lowest BCUT2D eigenvalue weighted by Crippen LogP contribution is -2.25. The Hall–Kier alpha value is -3.20. The van der Waals surface area contributed by atoms with Crippen molar-refractivity contribution >= 4 is 38.9 Å². The number of hydrogen-bond donors (Lipinski definition) is 2. The summed E-state index contributed by atoms with van der Waals surface area (Å²) in [5.74, 6) is -0.539. The second kappa shape index (κ2) is 9.08. The van der Waals surface area contributed by atoms with E-state index in [9.17, 15) is 18.0 Å². The molecule has 0 radical (unpaired) electrons. The summed E-state index contributed by atoms with van der Waals surface area (Å²) >= 11 is 0. The molecule has 2 aromatic carbocycles. The molecule has 8 nitrogen and oxygen atoms in total. The molecule has 0 unspecified atom stereocenters. The van der Waals surface area contributed by atoms with E-state index in [-0.39, 0.29) is 24.7 Å². The Balaban J connectivity index is 1.54. The fourth-order valence-corrected chi connectivity index (χ4v) is 3.67. The van der Waals surface area contributed by atoms with Crippen LogP contribution in [0.3, 0.4) is 0 Å². The van der Waals surface area contributed by atoms with E-state index >= 15 is 0 Å². The monoisotopic (exact) mass is 428 g/mol. The van der Waals surface area contributed by atoms with Gasteiger partial charge in [-0.3, -0.25) is 14.3 Å². The first-order valence-electron chi connectivity index (χ1n) is 9.53. The van der Waals surface area contributed by atoms with Gasteiger partial charge in [-0.2, -0.15) is 5.10 Å². The average Bonchev–Trinajstić information content (AvgIpc) is 3.19. The number of hydrazone groups is 1. The van der Waals surface area contributed by atoms with Crippen LogP contribution < -0.4 is 10.0 Å². The number of aryl methyl sites for hydroxylation is 1. The number of anilines is 2. The van der Waals surface area contributed by atoms with Crippen LogP contribution in [0.1, 0.15) is 30.4 Å². The van der Waals surface area contributed by atoms with Crippen LogP contribution in [0.15, 0.2) is 53.6 Å². The fourth-order valence-electron chi connectivity index (χ4n) is 3.05. The van der Waals surface area contributed by atoms with Crippen molar-refractivity contribution in [2.24, 2.45) is 5.10 Å². The number of nitrogens with one attached hydrogen (secondary N) is 2. The third kappa shape index (κ3) is 5.90. The molecule has 0 saturated heterocycles. The first kappa shape index (κ1) is 21.5. The molecule has 1 aliphatic rings. The summed E-state index contributed by atoms with van der Waals surface area (Å²) in [7, 11) is -3.43. The molecule has 30 heavy (non-hydrogen) atoms. The highest BCUT2D eigenvalue weighted by atomic mass is 32.2. The summed E-state index contributed by atoms with van der Waals surface area (Å²) in [5.41, 5.74) is 3.43. The number of rotatable bonds is 7. The Bertz CT molecular complexity index is 1080. The highest BCUT2D eigenvalue weighted by Crippen LogP contribution is 2.21. The van der Waals surface area contributed by atoms with Gasteiger partial charge in [0.1, 0.15) is 0 Å². The van der Waals surface area contributed by atoms with E-state index in [0.29, 0.717) is 24.3 Å². The number of carbonyl (C=O) groups is 2. The molecular formula is C21H24N4O4S. The van der Waals surface area contributed by atoms with Gasteiger partial charge in [0.15, 0.2) is 0 Å². The minimum atomic E-state index is -3.43. The first-order chi connectivity index (χ1) is 14.2. The molecule has 1 heterocycles. The standard InChI is InChI=1S/C21H24N4O4S/c1-15-8-9-17(14-19(15)24-30(2,28)29)22-20(26)10-11-21(27)25-13-12-18(23-25)16-6-4-3-5-7-16/h3-9,14,24H,10-13H2,1-2H3,(H,22,26). The van der Waals surface area contributed by atoms with Crippen LogP contribution in [0, 0.1) is 6.92 Å². The molecule has 2 amide bonds. The Morgan fingerprint density at radius 2 is 1.83 bits per heavy atom. The Morgan fingerprint density at radius 1 is 1.10 bits per heavy atom. The van der Waals surface area contributed by atoms with E-state index in [2.05, 4.69) is 15.1 Å². The van der Waals surface area contributed by atoms with Crippen molar-refractivity contribution in [2.75, 3.05) is 22.8 Å². The maximum absolute atomic E-state index is 12.4. The lowest BCUT2D eigenvalue weighted by Gasteiger charge is -2.12. The lowest BCUT2D eigenvalue weighted by molar-refractivity contribution is -0.132. The van der Waals surface area contributed by atoms with Crippen molar-refractivity contribution in [3.63, 3.8) is 0 Å². The maximum Gasteiger partial charge on any atom is 0.243 e. The van der Waals surface area contributed by atoms with Gasteiger partial charge in [0.2, 0.25) is 21.8 Å². The van der Waals surface area contributed by atoms with E-state index in [1.807, 2.05) is 30.3 Å². The molecule has 9 heteroatoms. The third-order valence-corrected chi connectivity index (χ3v) is 5.17. The minimum absolute atomic E-state index is 0.00817. The van der Waals surface area contributed by atoms with Gasteiger partial charge >= 0.3 is 0 Å². The zero-order valence-electron chi connectivity index (χ0n) is 16.9. The van der Waals surface area contributed by atoms with Crippen LogP contribution >= 0.6 is 0 Å². The van der Waals surface area contributed by atoms with Crippen molar-refractivity contribution < 1.29 is 18.0 Å². The van der Waals surface area contributed by atoms with Gasteiger partial charge in [0, 0.05) is 24.9 Å². The predicted octanol–water partition coefficient (Wildman–Crippen LogP) is 2.72. The number of benzene rings is 2. The minimum Gasteiger partial charge on any atom is -0.326 e. The molecular weight excluding hydrogens is 404 g/mol. The summed E-state index contributed by atoms with van der Waals surface area (Å²) in [6.45, 7) is 2.27. The predicted molar refractivity (Wildman–Crippen MR) is 117 cm³/mol. The second-order valence-electron chi connectivity index (χ2n) is 7.13. The summed E-state index contributed by atoms with van der Waals surface area (Å²) in [4.78, 5) is 24.6. The first-order valence-corrected chi connectivity index (χ1v) is 11.4. The van der Waals surface area contributed by atoms with Crippen LogP contribution in [0.25, 0.3) is 0 Å². The molecule has 0 aliphatic carbocycles. The molecule has 0 aromatic heterocycles. The number of hydrogen-bond acceptors (Lipinski definition) is 5. The number of amides is 2. The van der Waals surface area contributed by atoms with E-state index in [4.69, 9.17) is 0 Å². The Morgan fingerprint density at radius 3 is 2.53 bits per heavy atom. The Labute approximate surface area is 176 Å². The SMILES string of the molecule is Cc1ccc(NC(=O)CCC(=O)N2CCC(c3ccccc3)=N2)cc1NS(C)(=O)=O. The second-order valence-corrected chi connectivity index (χ2v) is 8.88. The lowest BCUT2D eigenvalue weighted by atomic mass is 10.1. The molecule has 0 atom stereocenters. The van der Waals surface area contributed by atoms with Gasteiger partial charge in [-0.25, -0.2) is 13.4 Å². The zero-order chi connectivity index (χ0) is 21.7. The summed E-state index contributed by atoms with van der Waals surface area (Å²) in [5, 5.41) is 8.49. The molecule has 3 rings (SSSR count). The van der Waals surface area contributed by atoms with E-state index < -0.39 is 10.0 Å². The van der Waals surface area contributed by atoms with Crippen molar-refractivity contribution in [3.8, 4) is 0 Å². The molecule has 158 valence electrons. The highest BCUT2D eigenvalue weighted by molar-refractivity contribution is 7.92. The smallest absolute Gasteiger partial charge is 0.243 e. The van der Waals surface area contributed by atoms with Crippen molar-refractivity contribution in [1.29, 1.82) is 0 Å². The van der Waals surface area contributed by atoms with Crippen LogP contribution in [-0.2, 0) is 19.6 Å². The van der Waals surface area contributed by atoms with Crippen molar-refractivity contribution in [1.82, 2.24) is 5.01 Å². The van der Waals surface area contributed by atoms with Crippen molar-refractivity contribution in [3.05, 3.63) is 59.7 Å². The van der Waals surface area contributed by atoms with Gasteiger partial charge < -0.3 is 5.32 Å². The molecule has 2 N–H and O–H groups in total. The molecule has 2 aromatic rings. The topological polar surface area (TPSA) is 108 Å². The van der Waals surface area contributed by atoms with E-state index in [1.54, 1.807) is 25.1 Å². The van der Waals surface area contributed by atoms with Crippen LogP contribution in [0.5, 0.6) is 0 Å². The maximum atomic E-state index is 12.4. The molecule has 0 saturated carbocycles. The molecule has 0 fully saturated rings. The Kier molecular flexibility index (Phi) is 6.51. The van der Waals surface area contributed by atoms with Crippen LogP contribution in [0.4, 0.5) is 11.4 Å². The molecule has 1 aliphatic heterocycles. The fraction of sp³-hybridized carbons (Fsp3) is 0.286. The average molecular weight is 429 g/mol. The highest BCUT2D eigenvalue weighted by Gasteiger charge is 2.22. The summed E-state index contributed by atoms with van der Waals surface area (Å²) < 4.78 is 25.3. The summed E-state index contributed by atoms with van der Waals surface area (Å²) in [6.07, 6.45) is 1.79.